The van der Waals surface area contributed by atoms with Crippen molar-refractivity contribution >= 4 is 5.57 Å². The molecule has 0 saturated carbocycles. The van der Waals surface area contributed by atoms with Crippen molar-refractivity contribution in [2.24, 2.45) is 23.7 Å². The van der Waals surface area contributed by atoms with Crippen LogP contribution in [0.5, 0.6) is 0 Å². The Hall–Kier alpha value is -3.60. The average molecular weight is 509 g/mol. The van der Waals surface area contributed by atoms with E-state index in [1.807, 2.05) is 61.6 Å². The number of aliphatic hydroxyl groups excluding tert-OH is 4. The molecule has 196 valence electrons. The third-order valence-electron chi connectivity index (χ3n) is 8.37. The van der Waals surface area contributed by atoms with Gasteiger partial charge in [-0.05, 0) is 77.8 Å². The predicted octanol–water partition coefficient (Wildman–Crippen LogP) is 6.79. The quantitative estimate of drug-likeness (QED) is 0.319. The molecule has 4 N–H and O–H groups in total. The molecule has 0 aromatic heterocycles. The van der Waals surface area contributed by atoms with E-state index in [-0.39, 0.29) is 41.1 Å². The zero-order valence-corrected chi connectivity index (χ0v) is 21.7. The fraction of sp³-hybridized carbons (Fsp3) is 0.294. The lowest BCUT2D eigenvalue weighted by atomic mass is 9.58. The third kappa shape index (κ3) is 4.94. The van der Waals surface area contributed by atoms with Gasteiger partial charge < -0.3 is 20.4 Å². The highest BCUT2D eigenvalue weighted by atomic mass is 16.3. The fourth-order valence-corrected chi connectivity index (χ4v) is 6.72. The molecule has 4 aliphatic rings. The van der Waals surface area contributed by atoms with Crippen molar-refractivity contribution in [3.8, 4) is 0 Å². The number of fused-ring (bicyclic) bond motifs is 2. The van der Waals surface area contributed by atoms with Crippen LogP contribution in [0.4, 0.5) is 0 Å². The van der Waals surface area contributed by atoms with Gasteiger partial charge in [-0.25, -0.2) is 0 Å². The number of benzene rings is 1. The summed E-state index contributed by atoms with van der Waals surface area (Å²) in [7, 11) is 0. The molecule has 4 nitrogen and oxygen atoms in total. The Balaban J connectivity index is 1.64. The first-order valence-electron chi connectivity index (χ1n) is 13.4. The molecule has 4 aliphatic carbocycles. The second-order valence-electron chi connectivity index (χ2n) is 10.6. The number of hydrogen-bond acceptors (Lipinski definition) is 4. The van der Waals surface area contributed by atoms with E-state index in [0.29, 0.717) is 12.8 Å². The maximum absolute atomic E-state index is 11.5. The van der Waals surface area contributed by atoms with Gasteiger partial charge in [-0.2, -0.15) is 0 Å². The lowest BCUT2D eigenvalue weighted by Crippen LogP contribution is -2.45. The molecule has 0 amide bonds. The fourth-order valence-electron chi connectivity index (χ4n) is 6.72. The van der Waals surface area contributed by atoms with Gasteiger partial charge in [-0.3, -0.25) is 0 Å². The van der Waals surface area contributed by atoms with Crippen molar-refractivity contribution in [2.75, 3.05) is 0 Å². The van der Waals surface area contributed by atoms with Crippen LogP contribution in [0.2, 0.25) is 0 Å². The molecule has 3 unspecified atom stereocenters. The second-order valence-corrected chi connectivity index (χ2v) is 10.6. The predicted molar refractivity (Wildman–Crippen MR) is 153 cm³/mol. The maximum atomic E-state index is 11.5. The molecule has 0 spiro atoms. The third-order valence-corrected chi connectivity index (χ3v) is 8.37. The Bertz CT molecular complexity index is 1250. The molecule has 0 aliphatic heterocycles. The van der Waals surface area contributed by atoms with Gasteiger partial charge in [0, 0.05) is 23.7 Å². The van der Waals surface area contributed by atoms with Crippen LogP contribution in [0.15, 0.2) is 126 Å². The van der Waals surface area contributed by atoms with Crippen LogP contribution in [0.25, 0.3) is 5.57 Å². The Kier molecular flexibility index (Phi) is 7.55. The highest BCUT2D eigenvalue weighted by Crippen LogP contribution is 2.52. The lowest BCUT2D eigenvalue weighted by Gasteiger charge is -2.48. The van der Waals surface area contributed by atoms with Crippen molar-refractivity contribution in [2.45, 2.75) is 37.9 Å². The van der Waals surface area contributed by atoms with Crippen LogP contribution in [-0.2, 0) is 0 Å². The standard InChI is InChI=1S/C34H36O4/c1-3-5-21(6-4-2)22-7-9-25(10-8-22)32(33-28-19-26(35)15-11-23(28)13-17-30(33)37)34-29-20-27(36)16-12-24(29)14-18-31(34)38/h3-16,19-20,28-38H,1,17-18H2,2H3/b6-4-,21-5+/t28-,29?,30-,31+,32?,33?,34+/m1/s1. The number of rotatable bonds is 6. The molecular weight excluding hydrogens is 472 g/mol. The number of aliphatic hydroxyl groups is 4. The SMILES string of the molecule is C=C/C=C(\C=C/C)c1ccc(C(C2[C@H](O)CC=C3C=CC(O)=C[C@H]32)[C@H]2C3C=C(O)C=CC3=CC[C@@H]2O)cc1. The van der Waals surface area contributed by atoms with Crippen molar-refractivity contribution in [1.29, 1.82) is 0 Å². The molecule has 0 fully saturated rings. The minimum absolute atomic E-state index is 0.189. The molecule has 5 rings (SSSR count). The van der Waals surface area contributed by atoms with E-state index in [1.165, 1.54) is 0 Å². The summed E-state index contributed by atoms with van der Waals surface area (Å²) in [6.07, 6.45) is 22.5. The highest BCUT2D eigenvalue weighted by molar-refractivity contribution is 5.75. The summed E-state index contributed by atoms with van der Waals surface area (Å²) < 4.78 is 0. The normalized spacial score (nSPS) is 31.5. The molecule has 1 aromatic carbocycles. The van der Waals surface area contributed by atoms with Crippen molar-refractivity contribution in [1.82, 2.24) is 0 Å². The van der Waals surface area contributed by atoms with Crippen molar-refractivity contribution < 1.29 is 20.4 Å². The maximum Gasteiger partial charge on any atom is 0.112 e. The van der Waals surface area contributed by atoms with Crippen LogP contribution in [-0.4, -0.2) is 32.6 Å². The van der Waals surface area contributed by atoms with E-state index >= 15 is 0 Å². The van der Waals surface area contributed by atoms with Crippen LogP contribution in [0, 0.1) is 23.7 Å². The molecule has 0 bridgehead atoms. The van der Waals surface area contributed by atoms with Crippen LogP contribution < -0.4 is 0 Å². The van der Waals surface area contributed by atoms with Gasteiger partial charge >= 0.3 is 0 Å². The Morgan fingerprint density at radius 2 is 1.37 bits per heavy atom. The van der Waals surface area contributed by atoms with Gasteiger partial charge in [0.2, 0.25) is 0 Å². The summed E-state index contributed by atoms with van der Waals surface area (Å²) in [5.74, 6) is -0.783. The molecule has 1 aromatic rings. The van der Waals surface area contributed by atoms with E-state index in [2.05, 4.69) is 30.8 Å². The Labute approximate surface area is 225 Å². The zero-order chi connectivity index (χ0) is 26.8. The second kappa shape index (κ2) is 11.0. The summed E-state index contributed by atoms with van der Waals surface area (Å²) in [6, 6.07) is 8.36. The van der Waals surface area contributed by atoms with Crippen molar-refractivity contribution in [3.05, 3.63) is 138 Å². The van der Waals surface area contributed by atoms with Gasteiger partial charge in [-0.15, -0.1) is 0 Å². The van der Waals surface area contributed by atoms with Gasteiger partial charge in [0.1, 0.15) is 11.5 Å². The average Bonchev–Trinajstić information content (AvgIpc) is 2.91. The first kappa shape index (κ1) is 26.0. The summed E-state index contributed by atoms with van der Waals surface area (Å²) in [5.41, 5.74) is 5.27. The van der Waals surface area contributed by atoms with Crippen LogP contribution >= 0.6 is 0 Å². The molecular formula is C34H36O4. The van der Waals surface area contributed by atoms with Gasteiger partial charge in [0.15, 0.2) is 0 Å². The first-order chi connectivity index (χ1) is 18.4. The van der Waals surface area contributed by atoms with E-state index < -0.39 is 12.2 Å². The summed E-state index contributed by atoms with van der Waals surface area (Å²) in [4.78, 5) is 0. The molecule has 4 heteroatoms. The number of allylic oxidation sites excluding steroid dienone is 13. The minimum atomic E-state index is -0.651. The van der Waals surface area contributed by atoms with Gasteiger partial charge in [-0.1, -0.05) is 79.5 Å². The molecule has 7 atom stereocenters. The zero-order valence-electron chi connectivity index (χ0n) is 21.7. The van der Waals surface area contributed by atoms with E-state index in [9.17, 15) is 20.4 Å². The van der Waals surface area contributed by atoms with E-state index in [0.717, 1.165) is 27.8 Å². The Morgan fingerprint density at radius 3 is 1.84 bits per heavy atom. The summed E-state index contributed by atoms with van der Waals surface area (Å²) in [6.45, 7) is 5.82. The molecule has 0 radical (unpaired) electrons. The topological polar surface area (TPSA) is 80.9 Å². The monoisotopic (exact) mass is 508 g/mol. The first-order valence-corrected chi connectivity index (χ1v) is 13.4. The largest absolute Gasteiger partial charge is 0.508 e. The number of hydrogen-bond donors (Lipinski definition) is 4. The minimum Gasteiger partial charge on any atom is -0.508 e. The summed E-state index contributed by atoms with van der Waals surface area (Å²) >= 11 is 0. The molecule has 38 heavy (non-hydrogen) atoms. The van der Waals surface area contributed by atoms with Gasteiger partial charge in [0.05, 0.1) is 12.2 Å². The van der Waals surface area contributed by atoms with Gasteiger partial charge in [0.25, 0.3) is 0 Å². The summed E-state index contributed by atoms with van der Waals surface area (Å²) in [5, 5.41) is 43.8. The van der Waals surface area contributed by atoms with Crippen LogP contribution in [0.1, 0.15) is 36.8 Å². The van der Waals surface area contributed by atoms with Crippen LogP contribution in [0.3, 0.4) is 0 Å². The van der Waals surface area contributed by atoms with E-state index in [1.54, 1.807) is 18.2 Å². The van der Waals surface area contributed by atoms with Crippen molar-refractivity contribution in [3.63, 3.8) is 0 Å². The molecule has 0 heterocycles. The highest BCUT2D eigenvalue weighted by Gasteiger charge is 2.48. The smallest absolute Gasteiger partial charge is 0.112 e. The lowest BCUT2D eigenvalue weighted by molar-refractivity contribution is 0.00547. The molecule has 0 saturated heterocycles. The van der Waals surface area contributed by atoms with E-state index in [4.69, 9.17) is 0 Å². The Morgan fingerprint density at radius 1 is 0.842 bits per heavy atom.